The van der Waals surface area contributed by atoms with Gasteiger partial charge in [-0.3, -0.25) is 4.90 Å². The van der Waals surface area contributed by atoms with Crippen LogP contribution in [0.3, 0.4) is 0 Å². The van der Waals surface area contributed by atoms with Crippen molar-refractivity contribution >= 4 is 0 Å². The molecule has 0 unspecified atom stereocenters. The molecule has 3 heterocycles. The number of aliphatic hydroxyl groups is 1. The lowest BCUT2D eigenvalue weighted by molar-refractivity contribution is -0.104. The molecule has 0 atom stereocenters. The summed E-state index contributed by atoms with van der Waals surface area (Å²) in [6, 6.07) is 0. The number of likely N-dealkylation sites (tertiary alicyclic amines) is 1. The van der Waals surface area contributed by atoms with E-state index in [0.717, 1.165) is 70.2 Å². The van der Waals surface area contributed by atoms with Gasteiger partial charge in [0.1, 0.15) is 5.76 Å². The highest BCUT2D eigenvalue weighted by Gasteiger charge is 2.43. The number of nitrogens with zero attached hydrogens (tertiary/aromatic N) is 3. The van der Waals surface area contributed by atoms with Gasteiger partial charge in [0, 0.05) is 43.8 Å². The minimum Gasteiger partial charge on any atom is -0.389 e. The Hall–Kier alpha value is -0.950. The average Bonchev–Trinajstić information content (AvgIpc) is 2.82. The number of ether oxygens (including phenoxy) is 1. The Morgan fingerprint density at radius 3 is 2.50 bits per heavy atom. The normalized spacial score (nSPS) is 23.0. The molecule has 136 valence electrons. The van der Waals surface area contributed by atoms with E-state index in [9.17, 15) is 5.11 Å². The molecule has 2 saturated heterocycles. The number of hydrogen-bond acceptors (Lipinski definition) is 6. The Morgan fingerprint density at radius 1 is 1.21 bits per heavy atom. The summed E-state index contributed by atoms with van der Waals surface area (Å²) < 4.78 is 11.2. The van der Waals surface area contributed by atoms with Crippen LogP contribution < -0.4 is 0 Å². The average molecular weight is 337 g/mol. The van der Waals surface area contributed by atoms with Gasteiger partial charge in [-0.25, -0.2) is 0 Å². The Morgan fingerprint density at radius 2 is 1.92 bits per heavy atom. The summed E-state index contributed by atoms with van der Waals surface area (Å²) >= 11 is 0. The van der Waals surface area contributed by atoms with Crippen LogP contribution in [-0.2, 0) is 11.3 Å². The van der Waals surface area contributed by atoms with Crippen LogP contribution in [0.2, 0.25) is 0 Å². The van der Waals surface area contributed by atoms with E-state index in [0.29, 0.717) is 0 Å². The molecule has 1 N–H and O–H groups in total. The van der Waals surface area contributed by atoms with Crippen molar-refractivity contribution in [3.8, 4) is 0 Å². The lowest BCUT2D eigenvalue weighted by Crippen LogP contribution is -2.61. The first-order valence-electron chi connectivity index (χ1n) is 8.98. The fourth-order valence-corrected chi connectivity index (χ4v) is 4.07. The first-order valence-corrected chi connectivity index (χ1v) is 8.98. The van der Waals surface area contributed by atoms with Crippen LogP contribution in [0.4, 0.5) is 0 Å². The molecule has 0 bridgehead atoms. The van der Waals surface area contributed by atoms with Crippen LogP contribution in [0, 0.1) is 13.8 Å². The first-order chi connectivity index (χ1) is 11.3. The van der Waals surface area contributed by atoms with Crippen molar-refractivity contribution in [1.29, 1.82) is 0 Å². The molecule has 2 aliphatic rings. The summed E-state index contributed by atoms with van der Waals surface area (Å²) in [6.45, 7) is 13.9. The summed E-state index contributed by atoms with van der Waals surface area (Å²) in [7, 11) is 0. The SMILES string of the molecule is Cc1noc(C)c1CN1CCOCC12CCN(CC(C)(C)O)CC2. The van der Waals surface area contributed by atoms with Crippen molar-refractivity contribution in [3.63, 3.8) is 0 Å². The Kier molecular flexibility index (Phi) is 5.02. The quantitative estimate of drug-likeness (QED) is 0.903. The van der Waals surface area contributed by atoms with E-state index in [4.69, 9.17) is 9.26 Å². The van der Waals surface area contributed by atoms with Crippen LogP contribution in [0.25, 0.3) is 0 Å². The lowest BCUT2D eigenvalue weighted by Gasteiger charge is -2.51. The summed E-state index contributed by atoms with van der Waals surface area (Å²) in [6.07, 6.45) is 2.15. The molecular weight excluding hydrogens is 306 g/mol. The van der Waals surface area contributed by atoms with Crippen molar-refractivity contribution in [2.75, 3.05) is 39.4 Å². The van der Waals surface area contributed by atoms with E-state index in [1.165, 1.54) is 5.56 Å². The predicted molar refractivity (Wildman–Crippen MR) is 91.9 cm³/mol. The van der Waals surface area contributed by atoms with E-state index in [1.54, 1.807) is 0 Å². The molecule has 6 nitrogen and oxygen atoms in total. The van der Waals surface area contributed by atoms with E-state index in [1.807, 2.05) is 27.7 Å². The summed E-state index contributed by atoms with van der Waals surface area (Å²) in [5.41, 5.74) is 1.68. The number of morpholine rings is 1. The number of aryl methyl sites for hydroxylation is 2. The van der Waals surface area contributed by atoms with Gasteiger partial charge in [-0.1, -0.05) is 5.16 Å². The second kappa shape index (κ2) is 6.75. The molecule has 2 fully saturated rings. The van der Waals surface area contributed by atoms with Crippen LogP contribution in [0.5, 0.6) is 0 Å². The van der Waals surface area contributed by atoms with Gasteiger partial charge in [0.25, 0.3) is 0 Å². The summed E-state index contributed by atoms with van der Waals surface area (Å²) in [5, 5.41) is 14.2. The molecule has 6 heteroatoms. The maximum atomic E-state index is 10.1. The fourth-order valence-electron chi connectivity index (χ4n) is 4.07. The number of rotatable bonds is 4. The van der Waals surface area contributed by atoms with Gasteiger partial charge in [-0.15, -0.1) is 0 Å². The maximum absolute atomic E-state index is 10.1. The highest BCUT2D eigenvalue weighted by molar-refractivity contribution is 5.21. The molecule has 2 aliphatic heterocycles. The molecule has 0 aromatic carbocycles. The molecule has 0 radical (unpaired) electrons. The zero-order chi connectivity index (χ0) is 17.4. The van der Waals surface area contributed by atoms with Gasteiger partial charge in [0.05, 0.1) is 24.5 Å². The molecular formula is C18H31N3O3. The van der Waals surface area contributed by atoms with Gasteiger partial charge in [-0.2, -0.15) is 0 Å². The smallest absolute Gasteiger partial charge is 0.138 e. The van der Waals surface area contributed by atoms with E-state index in [-0.39, 0.29) is 5.54 Å². The van der Waals surface area contributed by atoms with Crippen molar-refractivity contribution < 1.29 is 14.4 Å². The van der Waals surface area contributed by atoms with E-state index in [2.05, 4.69) is 15.0 Å². The Labute approximate surface area is 144 Å². The van der Waals surface area contributed by atoms with Crippen LogP contribution >= 0.6 is 0 Å². The lowest BCUT2D eigenvalue weighted by atomic mass is 9.84. The van der Waals surface area contributed by atoms with E-state index < -0.39 is 5.60 Å². The first kappa shape index (κ1) is 17.9. The Bertz CT molecular complexity index is 537. The molecule has 3 rings (SSSR count). The van der Waals surface area contributed by atoms with Crippen molar-refractivity contribution in [3.05, 3.63) is 17.0 Å². The number of piperidine rings is 1. The maximum Gasteiger partial charge on any atom is 0.138 e. The Balaban J connectivity index is 1.69. The zero-order valence-electron chi connectivity index (χ0n) is 15.5. The van der Waals surface area contributed by atoms with Gasteiger partial charge in [-0.05, 0) is 40.5 Å². The van der Waals surface area contributed by atoms with Gasteiger partial charge in [0.2, 0.25) is 0 Å². The third-order valence-corrected chi connectivity index (χ3v) is 5.47. The topological polar surface area (TPSA) is 62.0 Å². The fraction of sp³-hybridized carbons (Fsp3) is 0.833. The molecule has 1 spiro atoms. The van der Waals surface area contributed by atoms with Crippen LogP contribution in [0.15, 0.2) is 4.52 Å². The summed E-state index contributed by atoms with van der Waals surface area (Å²) in [5.74, 6) is 0.925. The van der Waals surface area contributed by atoms with E-state index >= 15 is 0 Å². The second-order valence-electron chi connectivity index (χ2n) is 8.09. The van der Waals surface area contributed by atoms with Gasteiger partial charge >= 0.3 is 0 Å². The molecule has 1 aromatic heterocycles. The number of aromatic nitrogens is 1. The van der Waals surface area contributed by atoms with Gasteiger partial charge in [0.15, 0.2) is 0 Å². The van der Waals surface area contributed by atoms with Gasteiger partial charge < -0.3 is 19.3 Å². The largest absolute Gasteiger partial charge is 0.389 e. The van der Waals surface area contributed by atoms with Crippen LogP contribution in [0.1, 0.15) is 43.7 Å². The third kappa shape index (κ3) is 3.82. The second-order valence-corrected chi connectivity index (χ2v) is 8.09. The van der Waals surface area contributed by atoms with Crippen molar-refractivity contribution in [2.24, 2.45) is 0 Å². The minimum absolute atomic E-state index is 0.102. The monoisotopic (exact) mass is 337 g/mol. The standard InChI is InChI=1S/C18H31N3O3/c1-14-16(15(2)24-19-14)11-21-9-10-23-13-18(21)5-7-20(8-6-18)12-17(3,4)22/h22H,5-13H2,1-4H3. The molecule has 0 saturated carbocycles. The molecule has 1 aromatic rings. The summed E-state index contributed by atoms with van der Waals surface area (Å²) in [4.78, 5) is 4.94. The number of β-amino-alcohol motifs (C(OH)–C–C–N with tert-alkyl or cyclic N) is 1. The highest BCUT2D eigenvalue weighted by atomic mass is 16.5. The van der Waals surface area contributed by atoms with Crippen molar-refractivity contribution in [1.82, 2.24) is 15.0 Å². The molecule has 0 aliphatic carbocycles. The number of hydrogen-bond donors (Lipinski definition) is 1. The third-order valence-electron chi connectivity index (χ3n) is 5.47. The minimum atomic E-state index is -0.635. The highest BCUT2D eigenvalue weighted by Crippen LogP contribution is 2.34. The zero-order valence-corrected chi connectivity index (χ0v) is 15.5. The predicted octanol–water partition coefficient (Wildman–Crippen LogP) is 1.73. The van der Waals surface area contributed by atoms with Crippen molar-refractivity contribution in [2.45, 2.75) is 58.2 Å². The van der Waals surface area contributed by atoms with Crippen LogP contribution in [-0.4, -0.2) is 70.6 Å². The molecule has 24 heavy (non-hydrogen) atoms. The molecule has 0 amide bonds.